The maximum atomic E-state index is 10.8. The number of carbonyl (C=O) groups excluding carboxylic acids is 1. The zero-order chi connectivity index (χ0) is 10.8. The molecule has 0 rings (SSSR count). The Hall–Kier alpha value is -0.650. The summed E-state index contributed by atoms with van der Waals surface area (Å²) in [4.78, 5) is 10.8. The summed E-state index contributed by atoms with van der Waals surface area (Å²) in [6.45, 7) is 3.31. The van der Waals surface area contributed by atoms with E-state index in [9.17, 15) is 4.79 Å². The molecule has 0 saturated heterocycles. The van der Waals surface area contributed by atoms with E-state index < -0.39 is 0 Å². The van der Waals surface area contributed by atoms with E-state index in [0.717, 1.165) is 6.42 Å². The Balaban J connectivity index is 3.27. The smallest absolute Gasteiger partial charge is 0.233 e. The van der Waals surface area contributed by atoms with E-state index in [0.29, 0.717) is 26.1 Å². The van der Waals surface area contributed by atoms with Crippen LogP contribution in [0.4, 0.5) is 0 Å². The normalized spacial score (nSPS) is 12.5. The summed E-state index contributed by atoms with van der Waals surface area (Å²) in [7, 11) is 1.66. The molecule has 0 fully saturated rings. The number of nitrogens with two attached hydrogens (primary N) is 1. The second-order valence-corrected chi connectivity index (χ2v) is 3.13. The molecule has 0 spiro atoms. The van der Waals surface area contributed by atoms with Gasteiger partial charge in [0.25, 0.3) is 0 Å². The predicted molar refractivity (Wildman–Crippen MR) is 53.5 cm³/mol. The fourth-order valence-electron chi connectivity index (χ4n) is 0.978. The molecule has 0 heterocycles. The lowest BCUT2D eigenvalue weighted by Gasteiger charge is -2.11. The standard InChI is InChI=1S/C9H20N2O3/c1-8(4-5-9(12)11-10)14-7-3-6-13-2/h8H,3-7,10H2,1-2H3,(H,11,12). The summed E-state index contributed by atoms with van der Waals surface area (Å²) in [6, 6.07) is 0. The molecule has 5 heteroatoms. The summed E-state index contributed by atoms with van der Waals surface area (Å²) < 4.78 is 10.3. The summed E-state index contributed by atoms with van der Waals surface area (Å²) in [5, 5.41) is 0. The Kier molecular flexibility index (Phi) is 8.51. The first kappa shape index (κ1) is 13.4. The first-order chi connectivity index (χ1) is 6.70. The van der Waals surface area contributed by atoms with Crippen molar-refractivity contribution in [1.29, 1.82) is 0 Å². The fraction of sp³-hybridized carbons (Fsp3) is 0.889. The number of rotatable bonds is 8. The number of hydrogen-bond donors (Lipinski definition) is 2. The molecule has 0 aromatic rings. The number of hydrazine groups is 1. The van der Waals surface area contributed by atoms with Gasteiger partial charge in [0.2, 0.25) is 5.91 Å². The van der Waals surface area contributed by atoms with Crippen LogP contribution in [0.25, 0.3) is 0 Å². The van der Waals surface area contributed by atoms with Crippen molar-refractivity contribution in [1.82, 2.24) is 5.43 Å². The van der Waals surface area contributed by atoms with Crippen molar-refractivity contribution in [2.24, 2.45) is 5.84 Å². The maximum Gasteiger partial charge on any atom is 0.233 e. The van der Waals surface area contributed by atoms with Gasteiger partial charge in [-0.25, -0.2) is 5.84 Å². The largest absolute Gasteiger partial charge is 0.385 e. The molecule has 0 aromatic heterocycles. The van der Waals surface area contributed by atoms with Crippen molar-refractivity contribution in [3.8, 4) is 0 Å². The number of methoxy groups -OCH3 is 1. The van der Waals surface area contributed by atoms with Gasteiger partial charge in [-0.3, -0.25) is 10.2 Å². The lowest BCUT2D eigenvalue weighted by atomic mass is 10.2. The van der Waals surface area contributed by atoms with Crippen LogP contribution in [0.5, 0.6) is 0 Å². The van der Waals surface area contributed by atoms with Crippen molar-refractivity contribution in [3.05, 3.63) is 0 Å². The van der Waals surface area contributed by atoms with E-state index in [1.165, 1.54) is 0 Å². The molecule has 0 bridgehead atoms. The zero-order valence-corrected chi connectivity index (χ0v) is 8.91. The van der Waals surface area contributed by atoms with E-state index in [-0.39, 0.29) is 12.0 Å². The fourth-order valence-corrected chi connectivity index (χ4v) is 0.978. The van der Waals surface area contributed by atoms with E-state index in [4.69, 9.17) is 15.3 Å². The van der Waals surface area contributed by atoms with E-state index >= 15 is 0 Å². The molecule has 3 N–H and O–H groups in total. The van der Waals surface area contributed by atoms with Gasteiger partial charge in [-0.15, -0.1) is 0 Å². The molecule has 0 aliphatic carbocycles. The molecule has 0 aromatic carbocycles. The summed E-state index contributed by atoms with van der Waals surface area (Å²) in [6.07, 6.45) is 2.06. The van der Waals surface area contributed by atoms with Crippen LogP contribution in [-0.2, 0) is 14.3 Å². The SMILES string of the molecule is COCCCOC(C)CCC(=O)NN. The minimum absolute atomic E-state index is 0.0872. The highest BCUT2D eigenvalue weighted by molar-refractivity contribution is 5.75. The van der Waals surface area contributed by atoms with Gasteiger partial charge in [0, 0.05) is 26.7 Å². The van der Waals surface area contributed by atoms with Crippen LogP contribution in [0, 0.1) is 0 Å². The molecule has 0 aliphatic rings. The molecule has 84 valence electrons. The molecule has 0 aliphatic heterocycles. The lowest BCUT2D eigenvalue weighted by Crippen LogP contribution is -2.30. The highest BCUT2D eigenvalue weighted by atomic mass is 16.5. The maximum absolute atomic E-state index is 10.8. The highest BCUT2D eigenvalue weighted by Gasteiger charge is 2.05. The van der Waals surface area contributed by atoms with Crippen molar-refractivity contribution in [2.45, 2.75) is 32.3 Å². The Bertz CT molecular complexity index is 153. The number of hydrogen-bond acceptors (Lipinski definition) is 4. The van der Waals surface area contributed by atoms with Crippen LogP contribution in [0.2, 0.25) is 0 Å². The van der Waals surface area contributed by atoms with E-state index in [1.54, 1.807) is 7.11 Å². The second-order valence-electron chi connectivity index (χ2n) is 3.13. The van der Waals surface area contributed by atoms with Crippen LogP contribution in [-0.4, -0.2) is 32.3 Å². The van der Waals surface area contributed by atoms with Gasteiger partial charge in [-0.1, -0.05) is 0 Å². The van der Waals surface area contributed by atoms with Gasteiger partial charge in [0.1, 0.15) is 0 Å². The topological polar surface area (TPSA) is 73.6 Å². The number of ether oxygens (including phenoxy) is 2. The number of carbonyl (C=O) groups is 1. The molecular formula is C9H20N2O3. The molecular weight excluding hydrogens is 184 g/mol. The Morgan fingerprint density at radius 2 is 2.21 bits per heavy atom. The third-order valence-corrected chi connectivity index (χ3v) is 1.83. The minimum atomic E-state index is -0.155. The first-order valence-electron chi connectivity index (χ1n) is 4.80. The van der Waals surface area contributed by atoms with Crippen molar-refractivity contribution >= 4 is 5.91 Å². The van der Waals surface area contributed by atoms with Crippen LogP contribution in [0.3, 0.4) is 0 Å². The van der Waals surface area contributed by atoms with Gasteiger partial charge in [0.15, 0.2) is 0 Å². The van der Waals surface area contributed by atoms with Crippen LogP contribution >= 0.6 is 0 Å². The average molecular weight is 204 g/mol. The number of amides is 1. The quantitative estimate of drug-likeness (QED) is 0.256. The molecule has 5 nitrogen and oxygen atoms in total. The van der Waals surface area contributed by atoms with Crippen molar-refractivity contribution in [2.75, 3.05) is 20.3 Å². The van der Waals surface area contributed by atoms with Crippen LogP contribution in [0.15, 0.2) is 0 Å². The van der Waals surface area contributed by atoms with Gasteiger partial charge in [0.05, 0.1) is 6.10 Å². The second kappa shape index (κ2) is 8.93. The zero-order valence-electron chi connectivity index (χ0n) is 8.91. The average Bonchev–Trinajstić information content (AvgIpc) is 2.21. The van der Waals surface area contributed by atoms with Crippen molar-refractivity contribution in [3.63, 3.8) is 0 Å². The summed E-state index contributed by atoms with van der Waals surface area (Å²) in [5.41, 5.74) is 2.08. The monoisotopic (exact) mass is 204 g/mol. The molecule has 1 amide bonds. The predicted octanol–water partition coefficient (Wildman–Crippen LogP) is 0.198. The van der Waals surface area contributed by atoms with Crippen molar-refractivity contribution < 1.29 is 14.3 Å². The third-order valence-electron chi connectivity index (χ3n) is 1.83. The highest BCUT2D eigenvalue weighted by Crippen LogP contribution is 2.01. The van der Waals surface area contributed by atoms with Gasteiger partial charge >= 0.3 is 0 Å². The molecule has 14 heavy (non-hydrogen) atoms. The van der Waals surface area contributed by atoms with Gasteiger partial charge < -0.3 is 9.47 Å². The summed E-state index contributed by atoms with van der Waals surface area (Å²) in [5.74, 6) is 4.79. The van der Waals surface area contributed by atoms with Crippen LogP contribution in [0.1, 0.15) is 26.2 Å². The van der Waals surface area contributed by atoms with E-state index in [1.807, 2.05) is 6.92 Å². The lowest BCUT2D eigenvalue weighted by molar-refractivity contribution is -0.121. The molecule has 0 saturated carbocycles. The molecule has 1 atom stereocenters. The van der Waals surface area contributed by atoms with Crippen LogP contribution < -0.4 is 11.3 Å². The Morgan fingerprint density at radius 3 is 2.79 bits per heavy atom. The van der Waals surface area contributed by atoms with E-state index in [2.05, 4.69) is 5.43 Å². The minimum Gasteiger partial charge on any atom is -0.385 e. The molecule has 0 radical (unpaired) electrons. The van der Waals surface area contributed by atoms with Gasteiger partial charge in [-0.05, 0) is 19.8 Å². The summed E-state index contributed by atoms with van der Waals surface area (Å²) >= 11 is 0. The Labute approximate surface area is 84.9 Å². The Morgan fingerprint density at radius 1 is 1.50 bits per heavy atom. The molecule has 1 unspecified atom stereocenters. The third kappa shape index (κ3) is 7.97. The number of nitrogens with one attached hydrogen (secondary N) is 1. The van der Waals surface area contributed by atoms with Gasteiger partial charge in [-0.2, -0.15) is 0 Å². The first-order valence-corrected chi connectivity index (χ1v) is 4.80.